The minimum atomic E-state index is -4.39. The van der Waals surface area contributed by atoms with E-state index in [1.807, 2.05) is 12.1 Å². The summed E-state index contributed by atoms with van der Waals surface area (Å²) < 4.78 is 44.3. The third kappa shape index (κ3) is 6.37. The molecule has 1 aliphatic rings. The van der Waals surface area contributed by atoms with E-state index in [1.54, 1.807) is 12.1 Å². The number of H-pyrrole nitrogens is 1. The summed E-state index contributed by atoms with van der Waals surface area (Å²) in [6.45, 7) is 2.63. The van der Waals surface area contributed by atoms with Gasteiger partial charge in [0.2, 0.25) is 0 Å². The maximum atomic E-state index is 13.0. The van der Waals surface area contributed by atoms with Crippen LogP contribution in [0.5, 0.6) is 0 Å². The molecule has 0 saturated carbocycles. The summed E-state index contributed by atoms with van der Waals surface area (Å²) in [5.41, 5.74) is 1.58. The molecule has 2 heterocycles. The number of carbonyl (C=O) groups excluding carboxylic acids is 1. The maximum absolute atomic E-state index is 13.0. The van der Waals surface area contributed by atoms with Gasteiger partial charge < -0.3 is 10.1 Å². The first kappa shape index (κ1) is 24.2. The normalized spacial score (nSPS) is 15.7. The number of thioether (sulfide) groups is 1. The van der Waals surface area contributed by atoms with Gasteiger partial charge >= 0.3 is 6.18 Å². The molecular formula is C23H24F3N5O2S. The number of amides is 1. The predicted octanol–water partition coefficient (Wildman–Crippen LogP) is 3.92. The van der Waals surface area contributed by atoms with Crippen molar-refractivity contribution >= 4 is 17.7 Å². The van der Waals surface area contributed by atoms with Crippen molar-refractivity contribution in [2.24, 2.45) is 0 Å². The molecule has 11 heteroatoms. The second-order valence-corrected chi connectivity index (χ2v) is 8.73. The lowest BCUT2D eigenvalue weighted by atomic mass is 10.0. The van der Waals surface area contributed by atoms with Crippen LogP contribution < -0.4 is 5.32 Å². The molecule has 1 unspecified atom stereocenters. The molecule has 1 fully saturated rings. The lowest BCUT2D eigenvalue weighted by Crippen LogP contribution is -2.43. The quantitative estimate of drug-likeness (QED) is 0.465. The molecule has 1 amide bonds. The number of nitrogens with zero attached hydrogens (tertiary/aromatic N) is 3. The van der Waals surface area contributed by atoms with E-state index in [0.717, 1.165) is 28.4 Å². The van der Waals surface area contributed by atoms with E-state index in [4.69, 9.17) is 4.74 Å². The number of benzene rings is 2. The van der Waals surface area contributed by atoms with Crippen LogP contribution in [0.2, 0.25) is 0 Å². The van der Waals surface area contributed by atoms with Crippen LogP contribution in [0.15, 0.2) is 60.0 Å². The lowest BCUT2D eigenvalue weighted by Gasteiger charge is -2.35. The first-order valence-corrected chi connectivity index (χ1v) is 11.7. The minimum Gasteiger partial charge on any atom is -0.379 e. The first-order chi connectivity index (χ1) is 16.4. The fourth-order valence-electron chi connectivity index (χ4n) is 3.70. The SMILES string of the molecule is O=C(NCC(c1ccc(C(F)(F)F)cc1)N1CCOCC1)c1ccc(CSc2ncn[nH]2)cc1. The van der Waals surface area contributed by atoms with Gasteiger partial charge in [-0.1, -0.05) is 36.0 Å². The number of halogens is 3. The van der Waals surface area contributed by atoms with E-state index in [9.17, 15) is 18.0 Å². The van der Waals surface area contributed by atoms with Crippen LogP contribution in [0.1, 0.15) is 33.1 Å². The monoisotopic (exact) mass is 491 g/mol. The van der Waals surface area contributed by atoms with Crippen molar-refractivity contribution in [3.8, 4) is 0 Å². The number of alkyl halides is 3. The van der Waals surface area contributed by atoms with E-state index in [-0.39, 0.29) is 18.5 Å². The number of morpholine rings is 1. The zero-order valence-corrected chi connectivity index (χ0v) is 19.0. The Bertz CT molecular complexity index is 1050. The third-order valence-corrected chi connectivity index (χ3v) is 6.50. The van der Waals surface area contributed by atoms with Gasteiger partial charge in [0, 0.05) is 31.0 Å². The molecule has 0 radical (unpaired) electrons. The topological polar surface area (TPSA) is 83.1 Å². The van der Waals surface area contributed by atoms with Crippen molar-refractivity contribution in [1.29, 1.82) is 0 Å². The van der Waals surface area contributed by atoms with Crippen LogP contribution >= 0.6 is 11.8 Å². The lowest BCUT2D eigenvalue weighted by molar-refractivity contribution is -0.137. The van der Waals surface area contributed by atoms with E-state index in [0.29, 0.717) is 37.6 Å². The third-order valence-electron chi connectivity index (χ3n) is 5.55. The van der Waals surface area contributed by atoms with Crippen molar-refractivity contribution in [2.45, 2.75) is 23.1 Å². The number of carbonyl (C=O) groups is 1. The number of hydrogen-bond acceptors (Lipinski definition) is 6. The van der Waals surface area contributed by atoms with Gasteiger partial charge in [-0.3, -0.25) is 14.8 Å². The molecule has 2 N–H and O–H groups in total. The smallest absolute Gasteiger partial charge is 0.379 e. The molecular weight excluding hydrogens is 467 g/mol. The zero-order valence-electron chi connectivity index (χ0n) is 18.2. The van der Waals surface area contributed by atoms with Crippen molar-refractivity contribution in [3.63, 3.8) is 0 Å². The molecule has 3 aromatic rings. The molecule has 34 heavy (non-hydrogen) atoms. The van der Waals surface area contributed by atoms with Gasteiger partial charge in [-0.05, 0) is 35.4 Å². The molecule has 180 valence electrons. The number of aromatic nitrogens is 3. The number of aromatic amines is 1. The first-order valence-electron chi connectivity index (χ1n) is 10.7. The van der Waals surface area contributed by atoms with Gasteiger partial charge in [0.1, 0.15) is 6.33 Å². The highest BCUT2D eigenvalue weighted by molar-refractivity contribution is 7.98. The Morgan fingerprint density at radius 1 is 1.12 bits per heavy atom. The van der Waals surface area contributed by atoms with E-state index in [2.05, 4.69) is 25.4 Å². The molecule has 0 spiro atoms. The Labute approximate surface area is 199 Å². The molecule has 0 aliphatic carbocycles. The van der Waals surface area contributed by atoms with Crippen LogP contribution in [-0.2, 0) is 16.7 Å². The van der Waals surface area contributed by atoms with Crippen LogP contribution in [0, 0.1) is 0 Å². The van der Waals surface area contributed by atoms with E-state index in [1.165, 1.54) is 30.2 Å². The highest BCUT2D eigenvalue weighted by atomic mass is 32.2. The number of hydrogen-bond donors (Lipinski definition) is 2. The van der Waals surface area contributed by atoms with Crippen molar-refractivity contribution < 1.29 is 22.7 Å². The number of rotatable bonds is 8. The Hall–Kier alpha value is -2.89. The predicted molar refractivity (Wildman–Crippen MR) is 121 cm³/mol. The summed E-state index contributed by atoms with van der Waals surface area (Å²) in [6, 6.07) is 12.2. The van der Waals surface area contributed by atoms with Crippen molar-refractivity contribution in [1.82, 2.24) is 25.4 Å². The molecule has 7 nitrogen and oxygen atoms in total. The van der Waals surface area contributed by atoms with E-state index >= 15 is 0 Å². The van der Waals surface area contributed by atoms with Crippen LogP contribution in [0.25, 0.3) is 0 Å². The van der Waals surface area contributed by atoms with Gasteiger partial charge in [0.15, 0.2) is 5.16 Å². The van der Waals surface area contributed by atoms with Crippen molar-refractivity contribution in [2.75, 3.05) is 32.8 Å². The summed E-state index contributed by atoms with van der Waals surface area (Å²) in [4.78, 5) is 19.0. The van der Waals surface area contributed by atoms with Crippen LogP contribution in [0.4, 0.5) is 13.2 Å². The summed E-state index contributed by atoms with van der Waals surface area (Å²) in [6.07, 6.45) is -2.94. The second-order valence-electron chi connectivity index (χ2n) is 7.77. The molecule has 1 atom stereocenters. The summed E-state index contributed by atoms with van der Waals surface area (Å²) in [5, 5.41) is 10.3. The average Bonchev–Trinajstić information content (AvgIpc) is 3.37. The summed E-state index contributed by atoms with van der Waals surface area (Å²) >= 11 is 1.51. The number of ether oxygens (including phenoxy) is 1. The molecule has 0 bridgehead atoms. The Morgan fingerprint density at radius 3 is 2.44 bits per heavy atom. The maximum Gasteiger partial charge on any atom is 0.416 e. The fourth-order valence-corrected chi connectivity index (χ4v) is 4.44. The van der Waals surface area contributed by atoms with Gasteiger partial charge in [0.05, 0.1) is 24.8 Å². The van der Waals surface area contributed by atoms with Gasteiger partial charge in [-0.25, -0.2) is 4.98 Å². The highest BCUT2D eigenvalue weighted by Crippen LogP contribution is 2.31. The van der Waals surface area contributed by atoms with Gasteiger partial charge in [-0.15, -0.1) is 0 Å². The summed E-state index contributed by atoms with van der Waals surface area (Å²) in [7, 11) is 0. The Morgan fingerprint density at radius 2 is 1.82 bits per heavy atom. The Balaban J connectivity index is 1.39. The molecule has 1 aliphatic heterocycles. The average molecular weight is 492 g/mol. The Kier molecular flexibility index (Phi) is 7.86. The molecule has 1 aromatic heterocycles. The summed E-state index contributed by atoms with van der Waals surface area (Å²) in [5.74, 6) is 0.448. The second kappa shape index (κ2) is 11.0. The van der Waals surface area contributed by atoms with Crippen molar-refractivity contribution in [3.05, 3.63) is 77.1 Å². The fraction of sp³-hybridized carbons (Fsp3) is 0.348. The van der Waals surface area contributed by atoms with Crippen LogP contribution in [-0.4, -0.2) is 58.8 Å². The zero-order chi connectivity index (χ0) is 24.0. The van der Waals surface area contributed by atoms with Gasteiger partial charge in [0.25, 0.3) is 5.91 Å². The molecule has 4 rings (SSSR count). The number of nitrogens with one attached hydrogen (secondary N) is 2. The standard InChI is InChI=1S/C23H24F3N5O2S/c24-23(25,26)19-7-5-17(6-8-19)20(31-9-11-33-12-10-31)13-27-21(32)18-3-1-16(2-4-18)14-34-22-28-15-29-30-22/h1-8,15,20H,9-14H2,(H,27,32)(H,28,29,30). The molecule has 1 saturated heterocycles. The van der Waals surface area contributed by atoms with E-state index < -0.39 is 11.7 Å². The largest absolute Gasteiger partial charge is 0.416 e. The molecule has 2 aromatic carbocycles. The minimum absolute atomic E-state index is 0.236. The van der Waals surface area contributed by atoms with Crippen LogP contribution in [0.3, 0.4) is 0 Å². The highest BCUT2D eigenvalue weighted by Gasteiger charge is 2.31. The van der Waals surface area contributed by atoms with Gasteiger partial charge in [-0.2, -0.15) is 18.3 Å².